The second kappa shape index (κ2) is 5.84. The molecule has 0 saturated heterocycles. The van der Waals surface area contributed by atoms with E-state index in [9.17, 15) is 17.6 Å². The first kappa shape index (κ1) is 15.5. The lowest BCUT2D eigenvalue weighted by molar-refractivity contribution is 0.102. The van der Waals surface area contributed by atoms with Crippen molar-refractivity contribution in [2.45, 2.75) is 18.2 Å². The van der Waals surface area contributed by atoms with Crippen LogP contribution in [0.2, 0.25) is 0 Å². The number of nitrogens with one attached hydrogen (secondary N) is 1. The minimum atomic E-state index is -4.14. The number of halogens is 1. The maximum Gasteiger partial charge on any atom is 0.269 e. The van der Waals surface area contributed by atoms with Gasteiger partial charge in [-0.3, -0.25) is 4.79 Å². The van der Waals surface area contributed by atoms with E-state index in [1.165, 1.54) is 6.07 Å². The fourth-order valence-corrected chi connectivity index (χ4v) is 2.84. The van der Waals surface area contributed by atoms with Gasteiger partial charge in [0.25, 0.3) is 5.91 Å². The Labute approximate surface area is 124 Å². The largest absolute Gasteiger partial charge is 0.321 e. The number of nitrogens with two attached hydrogens (primary N) is 1. The third-order valence-electron chi connectivity index (χ3n) is 2.59. The molecule has 1 aromatic carbocycles. The van der Waals surface area contributed by atoms with E-state index in [4.69, 9.17) is 5.14 Å². The molecule has 7 nitrogen and oxygen atoms in total. The lowest BCUT2D eigenvalue weighted by Gasteiger charge is -2.06. The molecule has 3 N–H and O–H groups in total. The molecule has 0 aliphatic heterocycles. The van der Waals surface area contributed by atoms with Gasteiger partial charge >= 0.3 is 0 Å². The highest BCUT2D eigenvalue weighted by Crippen LogP contribution is 2.19. The molecule has 0 atom stereocenters. The van der Waals surface area contributed by atoms with Gasteiger partial charge in [0.1, 0.15) is 15.6 Å². The second-order valence-electron chi connectivity index (χ2n) is 4.05. The molecule has 0 spiro atoms. The van der Waals surface area contributed by atoms with Crippen LogP contribution in [0.3, 0.4) is 0 Å². The van der Waals surface area contributed by atoms with Crippen molar-refractivity contribution in [1.82, 2.24) is 9.59 Å². The Hall–Kier alpha value is -1.91. The van der Waals surface area contributed by atoms with Gasteiger partial charge in [-0.1, -0.05) is 11.4 Å². The highest BCUT2D eigenvalue weighted by molar-refractivity contribution is 7.89. The van der Waals surface area contributed by atoms with Crippen LogP contribution in [0.25, 0.3) is 0 Å². The Balaban J connectivity index is 2.25. The van der Waals surface area contributed by atoms with Crippen molar-refractivity contribution in [3.8, 4) is 0 Å². The van der Waals surface area contributed by atoms with Gasteiger partial charge in [0.15, 0.2) is 0 Å². The summed E-state index contributed by atoms with van der Waals surface area (Å²) in [6, 6.07) is 3.13. The number of carbonyl (C=O) groups is 1. The summed E-state index contributed by atoms with van der Waals surface area (Å²) in [6.45, 7) is 1.83. The number of anilines is 1. The number of benzene rings is 1. The van der Waals surface area contributed by atoms with E-state index in [1.54, 1.807) is 0 Å². The van der Waals surface area contributed by atoms with E-state index in [0.717, 1.165) is 23.7 Å². The number of hydrogen-bond donors (Lipinski definition) is 2. The van der Waals surface area contributed by atoms with Crippen LogP contribution in [0.1, 0.15) is 22.3 Å². The van der Waals surface area contributed by atoms with Crippen LogP contribution < -0.4 is 10.5 Å². The highest BCUT2D eigenvalue weighted by Gasteiger charge is 2.18. The molecule has 1 heterocycles. The molecule has 0 bridgehead atoms. The first-order valence-electron chi connectivity index (χ1n) is 5.78. The van der Waals surface area contributed by atoms with Crippen LogP contribution in [-0.4, -0.2) is 23.9 Å². The summed E-state index contributed by atoms with van der Waals surface area (Å²) in [7, 11) is -4.14. The zero-order valence-electron chi connectivity index (χ0n) is 10.8. The summed E-state index contributed by atoms with van der Waals surface area (Å²) in [5.74, 6) is -1.52. The van der Waals surface area contributed by atoms with Crippen molar-refractivity contribution in [2.75, 3.05) is 5.32 Å². The van der Waals surface area contributed by atoms with Gasteiger partial charge < -0.3 is 5.32 Å². The maximum atomic E-state index is 13.7. The van der Waals surface area contributed by atoms with E-state index in [2.05, 4.69) is 14.9 Å². The number of aryl methyl sites for hydroxylation is 1. The normalized spacial score (nSPS) is 11.4. The Morgan fingerprint density at radius 3 is 2.76 bits per heavy atom. The zero-order chi connectivity index (χ0) is 15.6. The molecule has 2 aromatic rings. The van der Waals surface area contributed by atoms with Gasteiger partial charge in [0.2, 0.25) is 10.0 Å². The third kappa shape index (κ3) is 3.40. The van der Waals surface area contributed by atoms with Crippen molar-refractivity contribution in [3.63, 3.8) is 0 Å². The van der Waals surface area contributed by atoms with Crippen LogP contribution in [-0.2, 0) is 16.4 Å². The number of aromatic nitrogens is 2. The van der Waals surface area contributed by atoms with E-state index in [-0.39, 0.29) is 5.69 Å². The van der Waals surface area contributed by atoms with Crippen LogP contribution in [0, 0.1) is 5.82 Å². The second-order valence-corrected chi connectivity index (χ2v) is 6.33. The van der Waals surface area contributed by atoms with Gasteiger partial charge in [-0.15, -0.1) is 5.10 Å². The number of primary sulfonamides is 1. The molecule has 112 valence electrons. The fourth-order valence-electron chi connectivity index (χ4n) is 1.61. The van der Waals surface area contributed by atoms with E-state index >= 15 is 0 Å². The molecular weight excluding hydrogens is 319 g/mol. The first-order chi connectivity index (χ1) is 9.82. The number of hydrogen-bond acceptors (Lipinski definition) is 6. The zero-order valence-corrected chi connectivity index (χ0v) is 12.5. The monoisotopic (exact) mass is 330 g/mol. The van der Waals surface area contributed by atoms with Crippen molar-refractivity contribution < 1.29 is 17.6 Å². The third-order valence-corrected chi connectivity index (χ3v) is 4.30. The predicted octanol–water partition coefficient (Wildman–Crippen LogP) is 1.14. The molecule has 0 aliphatic rings. The minimum Gasteiger partial charge on any atom is -0.321 e. The fraction of sp³-hybridized carbons (Fsp3) is 0.182. The molecule has 0 radical (unpaired) electrons. The number of nitrogens with zero attached hydrogens (tertiary/aromatic N) is 2. The molecule has 0 fully saturated rings. The Morgan fingerprint density at radius 1 is 1.48 bits per heavy atom. The quantitative estimate of drug-likeness (QED) is 0.872. The van der Waals surface area contributed by atoms with Crippen LogP contribution in [0.5, 0.6) is 0 Å². The maximum absolute atomic E-state index is 13.7. The van der Waals surface area contributed by atoms with Crippen molar-refractivity contribution in [1.29, 1.82) is 0 Å². The average molecular weight is 330 g/mol. The lowest BCUT2D eigenvalue weighted by Crippen LogP contribution is -2.15. The number of sulfonamides is 1. The molecule has 21 heavy (non-hydrogen) atoms. The topological polar surface area (TPSA) is 115 Å². The molecular formula is C11H11FN4O3S2. The number of rotatable bonds is 4. The van der Waals surface area contributed by atoms with Crippen molar-refractivity contribution in [3.05, 3.63) is 34.6 Å². The summed E-state index contributed by atoms with van der Waals surface area (Å²) in [5, 5.41) is 11.1. The summed E-state index contributed by atoms with van der Waals surface area (Å²) < 4.78 is 39.5. The van der Waals surface area contributed by atoms with E-state index < -0.39 is 26.6 Å². The molecule has 10 heteroatoms. The predicted molar refractivity (Wildman–Crippen MR) is 75.0 cm³/mol. The summed E-state index contributed by atoms with van der Waals surface area (Å²) >= 11 is 0.930. The summed E-state index contributed by atoms with van der Waals surface area (Å²) in [4.78, 5) is 11.7. The van der Waals surface area contributed by atoms with Crippen LogP contribution in [0.4, 0.5) is 10.1 Å². The molecule has 2 rings (SSSR count). The molecule has 0 aliphatic carbocycles. The Bertz CT molecular complexity index is 789. The number of carbonyl (C=O) groups excluding carboxylic acids is 1. The van der Waals surface area contributed by atoms with Gasteiger partial charge in [-0.2, -0.15) is 0 Å². The standard InChI is InChI=1S/C11H11FN4O3S2/c1-2-8-10(20-16-15-8)11(17)14-6-3-4-9(7(12)5-6)21(13,18)19/h3-5H,2H2,1H3,(H,14,17)(H2,13,18,19). The Kier molecular flexibility index (Phi) is 4.30. The number of amides is 1. The van der Waals surface area contributed by atoms with Crippen molar-refractivity contribution >= 4 is 33.2 Å². The minimum absolute atomic E-state index is 0.111. The van der Waals surface area contributed by atoms with E-state index in [0.29, 0.717) is 17.0 Å². The van der Waals surface area contributed by atoms with Gasteiger partial charge in [-0.05, 0) is 36.2 Å². The lowest BCUT2D eigenvalue weighted by atomic mass is 10.2. The molecule has 1 aromatic heterocycles. The summed E-state index contributed by atoms with van der Waals surface area (Å²) in [5.41, 5.74) is 0.652. The van der Waals surface area contributed by atoms with Gasteiger partial charge in [0.05, 0.1) is 5.69 Å². The van der Waals surface area contributed by atoms with Gasteiger partial charge in [-0.25, -0.2) is 17.9 Å². The molecule has 0 saturated carbocycles. The smallest absolute Gasteiger partial charge is 0.269 e. The highest BCUT2D eigenvalue weighted by atomic mass is 32.2. The summed E-state index contributed by atoms with van der Waals surface area (Å²) in [6.07, 6.45) is 0.540. The van der Waals surface area contributed by atoms with E-state index in [1.807, 2.05) is 6.92 Å². The molecule has 1 amide bonds. The van der Waals surface area contributed by atoms with Crippen LogP contribution in [0.15, 0.2) is 23.1 Å². The Morgan fingerprint density at radius 2 is 2.19 bits per heavy atom. The van der Waals surface area contributed by atoms with Gasteiger partial charge in [0, 0.05) is 5.69 Å². The van der Waals surface area contributed by atoms with Crippen molar-refractivity contribution in [2.24, 2.45) is 5.14 Å². The van der Waals surface area contributed by atoms with Crippen LogP contribution >= 0.6 is 11.5 Å². The SMILES string of the molecule is CCc1nnsc1C(=O)Nc1ccc(S(N)(=O)=O)c(F)c1. The first-order valence-corrected chi connectivity index (χ1v) is 8.09. The molecule has 0 unspecified atom stereocenters. The average Bonchev–Trinajstić information content (AvgIpc) is 2.85.